The van der Waals surface area contributed by atoms with E-state index in [0.717, 1.165) is 44.5 Å². The quantitative estimate of drug-likeness (QED) is 0.889. The lowest BCUT2D eigenvalue weighted by Gasteiger charge is -2.36. The minimum Gasteiger partial charge on any atom is -0.380 e. The van der Waals surface area contributed by atoms with Crippen molar-refractivity contribution in [3.8, 4) is 0 Å². The number of nitrogens with one attached hydrogen (secondary N) is 1. The number of rotatable bonds is 2. The molecule has 0 radical (unpaired) electrons. The van der Waals surface area contributed by atoms with E-state index in [1.807, 2.05) is 17.0 Å². The number of ether oxygens (including phenoxy) is 1. The summed E-state index contributed by atoms with van der Waals surface area (Å²) < 4.78 is 5.41. The van der Waals surface area contributed by atoms with Crippen molar-refractivity contribution in [2.24, 2.45) is 0 Å². The van der Waals surface area contributed by atoms with Gasteiger partial charge in [0, 0.05) is 26.7 Å². The maximum atomic E-state index is 12.8. The van der Waals surface area contributed by atoms with Crippen molar-refractivity contribution in [2.75, 3.05) is 26.7 Å². The van der Waals surface area contributed by atoms with Gasteiger partial charge < -0.3 is 15.0 Å². The summed E-state index contributed by atoms with van der Waals surface area (Å²) in [6.07, 6.45) is 3.26. The summed E-state index contributed by atoms with van der Waals surface area (Å²) in [4.78, 5) is 14.7. The number of methoxy groups -OCH3 is 1. The third-order valence-corrected chi connectivity index (χ3v) is 4.38. The molecule has 3 rings (SSSR count). The van der Waals surface area contributed by atoms with Crippen LogP contribution in [0.15, 0.2) is 24.3 Å². The van der Waals surface area contributed by atoms with Crippen molar-refractivity contribution in [2.45, 2.75) is 31.4 Å². The van der Waals surface area contributed by atoms with Crippen LogP contribution in [0.25, 0.3) is 0 Å². The zero-order valence-electron chi connectivity index (χ0n) is 12.0. The van der Waals surface area contributed by atoms with E-state index in [1.54, 1.807) is 7.11 Å². The number of amides is 1. The highest BCUT2D eigenvalue weighted by atomic mass is 16.5. The molecule has 1 aromatic carbocycles. The highest BCUT2D eigenvalue weighted by molar-refractivity contribution is 5.84. The summed E-state index contributed by atoms with van der Waals surface area (Å²) in [5.74, 6) is 0.193. The Morgan fingerprint density at radius 2 is 2.25 bits per heavy atom. The summed E-state index contributed by atoms with van der Waals surface area (Å²) in [6.45, 7) is 2.43. The molecule has 0 saturated carbocycles. The topological polar surface area (TPSA) is 41.6 Å². The van der Waals surface area contributed by atoms with Crippen LogP contribution < -0.4 is 5.32 Å². The molecule has 2 atom stereocenters. The van der Waals surface area contributed by atoms with Crippen molar-refractivity contribution < 1.29 is 9.53 Å². The Balaban J connectivity index is 1.78. The van der Waals surface area contributed by atoms with Crippen molar-refractivity contribution in [1.29, 1.82) is 0 Å². The monoisotopic (exact) mass is 274 g/mol. The Kier molecular flexibility index (Phi) is 4.03. The average molecular weight is 274 g/mol. The second-order valence-electron chi connectivity index (χ2n) is 5.62. The van der Waals surface area contributed by atoms with Crippen LogP contribution in [0.5, 0.6) is 0 Å². The number of fused-ring (bicyclic) bond motifs is 1. The van der Waals surface area contributed by atoms with Crippen molar-refractivity contribution >= 4 is 5.91 Å². The highest BCUT2D eigenvalue weighted by Gasteiger charge is 2.32. The molecule has 2 aliphatic heterocycles. The first-order valence-electron chi connectivity index (χ1n) is 7.42. The second-order valence-corrected chi connectivity index (χ2v) is 5.62. The van der Waals surface area contributed by atoms with Crippen LogP contribution in [0.1, 0.15) is 30.0 Å². The molecular weight excluding hydrogens is 252 g/mol. The van der Waals surface area contributed by atoms with Crippen molar-refractivity contribution in [1.82, 2.24) is 10.2 Å². The van der Waals surface area contributed by atoms with Gasteiger partial charge in [0.2, 0.25) is 5.91 Å². The number of carbonyl (C=O) groups is 1. The van der Waals surface area contributed by atoms with Crippen LogP contribution in [-0.2, 0) is 16.0 Å². The maximum absolute atomic E-state index is 12.8. The van der Waals surface area contributed by atoms with Crippen LogP contribution in [0, 0.1) is 0 Å². The fourth-order valence-corrected chi connectivity index (χ4v) is 3.24. The molecular formula is C16H22N2O2. The van der Waals surface area contributed by atoms with E-state index in [1.165, 1.54) is 5.56 Å². The van der Waals surface area contributed by atoms with Gasteiger partial charge in [-0.2, -0.15) is 0 Å². The molecule has 1 N–H and O–H groups in total. The summed E-state index contributed by atoms with van der Waals surface area (Å²) >= 11 is 0. The third-order valence-electron chi connectivity index (χ3n) is 4.38. The molecule has 20 heavy (non-hydrogen) atoms. The molecule has 1 aromatic rings. The highest BCUT2D eigenvalue weighted by Crippen LogP contribution is 2.25. The Morgan fingerprint density at radius 3 is 3.10 bits per heavy atom. The van der Waals surface area contributed by atoms with Crippen LogP contribution >= 0.6 is 0 Å². The second kappa shape index (κ2) is 5.94. The van der Waals surface area contributed by atoms with Gasteiger partial charge in [-0.3, -0.25) is 4.79 Å². The molecule has 1 fully saturated rings. The maximum Gasteiger partial charge on any atom is 0.244 e. The first-order chi connectivity index (χ1) is 9.79. The molecule has 108 valence electrons. The van der Waals surface area contributed by atoms with Crippen molar-refractivity contribution in [3.63, 3.8) is 0 Å². The SMILES string of the molecule is COC1CCCN(C(=O)C2NCCc3ccccc32)C1. The number of benzene rings is 1. The summed E-state index contributed by atoms with van der Waals surface area (Å²) in [7, 11) is 1.73. The van der Waals surface area contributed by atoms with Gasteiger partial charge >= 0.3 is 0 Å². The van der Waals surface area contributed by atoms with Crippen LogP contribution in [0.3, 0.4) is 0 Å². The number of hydrogen-bond acceptors (Lipinski definition) is 3. The zero-order valence-corrected chi connectivity index (χ0v) is 12.0. The number of carbonyl (C=O) groups excluding carboxylic acids is 1. The lowest BCUT2D eigenvalue weighted by atomic mass is 9.93. The van der Waals surface area contributed by atoms with Gasteiger partial charge in [0.15, 0.2) is 0 Å². The van der Waals surface area contributed by atoms with Crippen LogP contribution in [0.2, 0.25) is 0 Å². The molecule has 0 bridgehead atoms. The van der Waals surface area contributed by atoms with Gasteiger partial charge in [0.25, 0.3) is 0 Å². The van der Waals surface area contributed by atoms with Gasteiger partial charge in [-0.05, 0) is 30.4 Å². The van der Waals surface area contributed by atoms with Gasteiger partial charge in [0.1, 0.15) is 6.04 Å². The lowest BCUT2D eigenvalue weighted by molar-refractivity contribution is -0.137. The van der Waals surface area contributed by atoms with E-state index in [9.17, 15) is 4.79 Å². The predicted molar refractivity (Wildman–Crippen MR) is 77.5 cm³/mol. The fraction of sp³-hybridized carbons (Fsp3) is 0.562. The summed E-state index contributed by atoms with van der Waals surface area (Å²) in [5.41, 5.74) is 2.44. The lowest BCUT2D eigenvalue weighted by Crippen LogP contribution is -2.49. The van der Waals surface area contributed by atoms with Crippen molar-refractivity contribution in [3.05, 3.63) is 35.4 Å². The summed E-state index contributed by atoms with van der Waals surface area (Å²) in [5, 5.41) is 3.37. The Hall–Kier alpha value is -1.39. The number of nitrogens with zero attached hydrogens (tertiary/aromatic N) is 1. The minimum absolute atomic E-state index is 0.185. The first-order valence-corrected chi connectivity index (χ1v) is 7.42. The molecule has 0 aromatic heterocycles. The molecule has 0 spiro atoms. The molecule has 0 aliphatic carbocycles. The number of piperidine rings is 1. The predicted octanol–water partition coefficient (Wildman–Crippen LogP) is 1.51. The number of likely N-dealkylation sites (tertiary alicyclic amines) is 1. The third kappa shape index (κ3) is 2.58. The molecule has 4 nitrogen and oxygen atoms in total. The average Bonchev–Trinajstić information content (AvgIpc) is 2.53. The molecule has 2 heterocycles. The van der Waals surface area contributed by atoms with Gasteiger partial charge in [-0.15, -0.1) is 0 Å². The van der Waals surface area contributed by atoms with Gasteiger partial charge in [0.05, 0.1) is 6.10 Å². The van der Waals surface area contributed by atoms with Gasteiger partial charge in [-0.1, -0.05) is 24.3 Å². The molecule has 2 unspecified atom stereocenters. The Morgan fingerprint density at radius 1 is 1.40 bits per heavy atom. The first kappa shape index (κ1) is 13.6. The molecule has 4 heteroatoms. The Labute approximate surface area is 120 Å². The van der Waals surface area contributed by atoms with E-state index in [4.69, 9.17) is 4.74 Å². The smallest absolute Gasteiger partial charge is 0.244 e. The molecule has 2 aliphatic rings. The number of hydrogen-bond donors (Lipinski definition) is 1. The normalized spacial score (nSPS) is 26.1. The molecule has 1 saturated heterocycles. The van der Waals surface area contributed by atoms with E-state index in [-0.39, 0.29) is 18.1 Å². The standard InChI is InChI=1S/C16H22N2O2/c1-20-13-6-4-10-18(11-13)16(19)15-14-7-3-2-5-12(14)8-9-17-15/h2-3,5,7,13,15,17H,4,6,8-11H2,1H3. The van der Waals surface area contributed by atoms with E-state index in [2.05, 4.69) is 17.4 Å². The minimum atomic E-state index is -0.185. The van der Waals surface area contributed by atoms with E-state index < -0.39 is 0 Å². The summed E-state index contributed by atoms with van der Waals surface area (Å²) in [6, 6.07) is 8.08. The largest absolute Gasteiger partial charge is 0.380 e. The fourth-order valence-electron chi connectivity index (χ4n) is 3.24. The van der Waals surface area contributed by atoms with E-state index >= 15 is 0 Å². The molecule has 1 amide bonds. The van der Waals surface area contributed by atoms with Crippen LogP contribution in [-0.4, -0.2) is 43.7 Å². The Bertz CT molecular complexity index is 489. The van der Waals surface area contributed by atoms with Gasteiger partial charge in [-0.25, -0.2) is 0 Å². The zero-order chi connectivity index (χ0) is 13.9. The van der Waals surface area contributed by atoms with E-state index in [0.29, 0.717) is 0 Å². The van der Waals surface area contributed by atoms with Crippen LogP contribution in [0.4, 0.5) is 0 Å².